The molecular formula is C13H7ClFN3O3. The van der Waals surface area contributed by atoms with Crippen molar-refractivity contribution in [1.82, 2.24) is 14.5 Å². The van der Waals surface area contributed by atoms with E-state index in [1.165, 1.54) is 30.5 Å². The molecule has 0 amide bonds. The molecule has 0 unspecified atom stereocenters. The van der Waals surface area contributed by atoms with Crippen molar-refractivity contribution in [3.8, 4) is 17.1 Å². The van der Waals surface area contributed by atoms with Crippen LogP contribution in [0.25, 0.3) is 17.1 Å². The number of benzene rings is 1. The van der Waals surface area contributed by atoms with E-state index in [0.29, 0.717) is 5.56 Å². The molecule has 3 aromatic rings. The molecule has 0 spiro atoms. The Kier molecular flexibility index (Phi) is 3.19. The fraction of sp³-hybridized carbons (Fsp3) is 0. The Balaban J connectivity index is 2.19. The third kappa shape index (κ3) is 2.38. The van der Waals surface area contributed by atoms with Crippen molar-refractivity contribution in [2.24, 2.45) is 0 Å². The van der Waals surface area contributed by atoms with Crippen molar-refractivity contribution >= 4 is 11.6 Å². The van der Waals surface area contributed by atoms with Gasteiger partial charge in [0.2, 0.25) is 0 Å². The number of aromatic amines is 1. The molecule has 1 N–H and O–H groups in total. The lowest BCUT2D eigenvalue weighted by Crippen LogP contribution is -2.27. The third-order valence-electron chi connectivity index (χ3n) is 2.78. The summed E-state index contributed by atoms with van der Waals surface area (Å²) in [5.74, 6) is -0.303. The summed E-state index contributed by atoms with van der Waals surface area (Å²) >= 11 is 5.63. The van der Waals surface area contributed by atoms with E-state index in [0.717, 1.165) is 11.0 Å². The number of rotatable bonds is 2. The van der Waals surface area contributed by atoms with Gasteiger partial charge in [-0.2, -0.15) is 4.98 Å². The Bertz CT molecular complexity index is 929. The highest BCUT2D eigenvalue weighted by molar-refractivity contribution is 6.30. The quantitative estimate of drug-likeness (QED) is 0.785. The van der Waals surface area contributed by atoms with E-state index in [2.05, 4.69) is 9.97 Å². The first-order valence-electron chi connectivity index (χ1n) is 5.77. The molecule has 0 radical (unpaired) electrons. The minimum atomic E-state index is -0.674. The second-order valence-corrected chi connectivity index (χ2v) is 4.52. The molecule has 0 saturated carbocycles. The zero-order valence-corrected chi connectivity index (χ0v) is 11.1. The highest BCUT2D eigenvalue weighted by Gasteiger charge is 2.15. The SMILES string of the molecule is O=c1ccn(-c2ncoc2-c2ccc(Cl)c(F)c2)c(=O)[nH]1. The maximum atomic E-state index is 13.5. The Morgan fingerprint density at radius 3 is 2.81 bits per heavy atom. The Morgan fingerprint density at radius 1 is 1.29 bits per heavy atom. The summed E-state index contributed by atoms with van der Waals surface area (Å²) in [4.78, 5) is 28.9. The van der Waals surface area contributed by atoms with Crippen LogP contribution >= 0.6 is 11.6 Å². The Labute approximate surface area is 121 Å². The van der Waals surface area contributed by atoms with E-state index in [1.807, 2.05) is 0 Å². The van der Waals surface area contributed by atoms with Crippen LogP contribution in [0.4, 0.5) is 4.39 Å². The summed E-state index contributed by atoms with van der Waals surface area (Å²) in [5, 5.41) is -0.0268. The van der Waals surface area contributed by atoms with Gasteiger partial charge in [0.25, 0.3) is 5.56 Å². The normalized spacial score (nSPS) is 10.8. The maximum Gasteiger partial charge on any atom is 0.334 e. The second kappa shape index (κ2) is 5.02. The fourth-order valence-electron chi connectivity index (χ4n) is 1.83. The standard InChI is InChI=1S/C13H7ClFN3O3/c14-8-2-1-7(5-9(8)15)11-12(16-6-21-11)18-4-3-10(19)17-13(18)20/h1-6H,(H,17,19,20). The van der Waals surface area contributed by atoms with Gasteiger partial charge in [-0.25, -0.2) is 13.8 Å². The molecule has 0 fully saturated rings. The lowest BCUT2D eigenvalue weighted by molar-refractivity contribution is 0.569. The van der Waals surface area contributed by atoms with E-state index >= 15 is 0 Å². The van der Waals surface area contributed by atoms with Crippen LogP contribution in [-0.4, -0.2) is 14.5 Å². The molecule has 6 nitrogen and oxygen atoms in total. The molecule has 2 aromatic heterocycles. The van der Waals surface area contributed by atoms with Gasteiger partial charge in [-0.1, -0.05) is 11.6 Å². The predicted octanol–water partition coefficient (Wildman–Crippen LogP) is 1.97. The van der Waals surface area contributed by atoms with Crippen molar-refractivity contribution in [1.29, 1.82) is 0 Å². The molecule has 3 rings (SSSR count). The first kappa shape index (κ1) is 13.3. The van der Waals surface area contributed by atoms with Crippen molar-refractivity contribution in [3.63, 3.8) is 0 Å². The number of nitrogens with one attached hydrogen (secondary N) is 1. The van der Waals surface area contributed by atoms with Gasteiger partial charge in [-0.05, 0) is 18.2 Å². The van der Waals surface area contributed by atoms with Crippen LogP contribution < -0.4 is 11.2 Å². The molecule has 0 saturated heterocycles. The summed E-state index contributed by atoms with van der Waals surface area (Å²) in [5.41, 5.74) is -0.839. The molecule has 106 valence electrons. The van der Waals surface area contributed by atoms with Crippen molar-refractivity contribution < 1.29 is 8.81 Å². The van der Waals surface area contributed by atoms with Crippen LogP contribution in [0.15, 0.2) is 50.9 Å². The van der Waals surface area contributed by atoms with Crippen LogP contribution in [0.2, 0.25) is 5.02 Å². The van der Waals surface area contributed by atoms with Crippen molar-refractivity contribution in [3.05, 3.63) is 68.5 Å². The number of aromatic nitrogens is 3. The molecular weight excluding hydrogens is 301 g/mol. The van der Waals surface area contributed by atoms with Gasteiger partial charge in [-0.15, -0.1) is 0 Å². The van der Waals surface area contributed by atoms with Crippen molar-refractivity contribution in [2.45, 2.75) is 0 Å². The van der Waals surface area contributed by atoms with Gasteiger partial charge in [0.05, 0.1) is 5.02 Å². The predicted molar refractivity (Wildman–Crippen MR) is 73.1 cm³/mol. The molecule has 0 aliphatic carbocycles. The van der Waals surface area contributed by atoms with Gasteiger partial charge in [0, 0.05) is 17.8 Å². The van der Waals surface area contributed by atoms with Crippen molar-refractivity contribution in [2.75, 3.05) is 0 Å². The summed E-state index contributed by atoms with van der Waals surface area (Å²) in [6, 6.07) is 5.24. The van der Waals surface area contributed by atoms with Crippen LogP contribution in [0.1, 0.15) is 0 Å². The van der Waals surface area contributed by atoms with E-state index in [4.69, 9.17) is 16.0 Å². The molecule has 0 atom stereocenters. The topological polar surface area (TPSA) is 80.9 Å². The number of halogens is 2. The molecule has 0 aliphatic heterocycles. The fourth-order valence-corrected chi connectivity index (χ4v) is 1.95. The Morgan fingerprint density at radius 2 is 2.10 bits per heavy atom. The van der Waals surface area contributed by atoms with Crippen LogP contribution in [-0.2, 0) is 0 Å². The third-order valence-corrected chi connectivity index (χ3v) is 3.09. The first-order valence-corrected chi connectivity index (χ1v) is 6.15. The van der Waals surface area contributed by atoms with E-state index < -0.39 is 17.1 Å². The summed E-state index contributed by atoms with van der Waals surface area (Å²) in [7, 11) is 0. The van der Waals surface area contributed by atoms with E-state index in [1.54, 1.807) is 0 Å². The monoisotopic (exact) mass is 307 g/mol. The minimum absolute atomic E-state index is 0.0268. The first-order chi connectivity index (χ1) is 10.1. The molecule has 2 heterocycles. The summed E-state index contributed by atoms with van der Waals surface area (Å²) in [6.45, 7) is 0. The molecule has 1 aromatic carbocycles. The number of hydrogen-bond acceptors (Lipinski definition) is 4. The Hall–Kier alpha value is -2.67. The zero-order valence-electron chi connectivity index (χ0n) is 10.3. The van der Waals surface area contributed by atoms with Gasteiger partial charge >= 0.3 is 5.69 Å². The van der Waals surface area contributed by atoms with Gasteiger partial charge < -0.3 is 4.42 Å². The smallest absolute Gasteiger partial charge is 0.334 e. The zero-order chi connectivity index (χ0) is 15.0. The molecule has 8 heteroatoms. The lowest BCUT2D eigenvalue weighted by Gasteiger charge is -2.04. The summed E-state index contributed by atoms with van der Waals surface area (Å²) in [6.07, 6.45) is 2.38. The number of nitrogens with zero attached hydrogens (tertiary/aromatic N) is 2. The number of oxazole rings is 1. The average molecular weight is 308 g/mol. The molecule has 21 heavy (non-hydrogen) atoms. The summed E-state index contributed by atoms with van der Waals surface area (Å²) < 4.78 is 19.8. The molecule has 0 aliphatic rings. The van der Waals surface area contributed by atoms with Crippen LogP contribution in [0.5, 0.6) is 0 Å². The maximum absolute atomic E-state index is 13.5. The molecule has 0 bridgehead atoms. The number of hydrogen-bond donors (Lipinski definition) is 1. The largest absolute Gasteiger partial charge is 0.441 e. The highest BCUT2D eigenvalue weighted by atomic mass is 35.5. The minimum Gasteiger partial charge on any atom is -0.441 e. The van der Waals surface area contributed by atoms with Gasteiger partial charge in [-0.3, -0.25) is 9.78 Å². The lowest BCUT2D eigenvalue weighted by atomic mass is 10.1. The van der Waals surface area contributed by atoms with Crippen LogP contribution in [0.3, 0.4) is 0 Å². The van der Waals surface area contributed by atoms with E-state index in [-0.39, 0.29) is 16.6 Å². The van der Waals surface area contributed by atoms with Gasteiger partial charge in [0.15, 0.2) is 18.0 Å². The second-order valence-electron chi connectivity index (χ2n) is 4.11. The number of H-pyrrole nitrogens is 1. The highest BCUT2D eigenvalue weighted by Crippen LogP contribution is 2.27. The van der Waals surface area contributed by atoms with E-state index in [9.17, 15) is 14.0 Å². The van der Waals surface area contributed by atoms with Gasteiger partial charge in [0.1, 0.15) is 5.82 Å². The van der Waals surface area contributed by atoms with Crippen LogP contribution in [0, 0.1) is 5.82 Å². The average Bonchev–Trinajstić information content (AvgIpc) is 2.91.